The third-order valence-corrected chi connectivity index (χ3v) is 2.37. The molecular formula is C9H18O. The minimum atomic E-state index is 0.494. The highest BCUT2D eigenvalue weighted by molar-refractivity contribution is 4.71. The Balaban J connectivity index is 2.35. The zero-order valence-corrected chi connectivity index (χ0v) is 7.26. The van der Waals surface area contributed by atoms with Gasteiger partial charge in [-0.05, 0) is 32.6 Å². The molecule has 60 valence electrons. The van der Waals surface area contributed by atoms with Gasteiger partial charge in [0, 0.05) is 0 Å². The van der Waals surface area contributed by atoms with Crippen LogP contribution in [0, 0.1) is 5.92 Å². The molecule has 10 heavy (non-hydrogen) atoms. The Labute approximate surface area is 63.8 Å². The average molecular weight is 142 g/mol. The Morgan fingerprint density at radius 2 is 1.70 bits per heavy atom. The molecule has 0 spiro atoms. The van der Waals surface area contributed by atoms with E-state index in [1.807, 2.05) is 0 Å². The topological polar surface area (TPSA) is 9.23 Å². The highest BCUT2D eigenvalue weighted by Crippen LogP contribution is 2.26. The van der Waals surface area contributed by atoms with Crippen LogP contribution >= 0.6 is 0 Å². The summed E-state index contributed by atoms with van der Waals surface area (Å²) in [4.78, 5) is 0. The van der Waals surface area contributed by atoms with Crippen LogP contribution in [-0.2, 0) is 4.74 Å². The van der Waals surface area contributed by atoms with Gasteiger partial charge in [0.1, 0.15) is 0 Å². The fourth-order valence-electron chi connectivity index (χ4n) is 1.88. The first-order valence-corrected chi connectivity index (χ1v) is 4.37. The Morgan fingerprint density at radius 3 is 2.10 bits per heavy atom. The lowest BCUT2D eigenvalue weighted by Gasteiger charge is -2.31. The second-order valence-corrected chi connectivity index (χ2v) is 3.50. The van der Waals surface area contributed by atoms with Gasteiger partial charge in [-0.25, -0.2) is 0 Å². The summed E-state index contributed by atoms with van der Waals surface area (Å²) >= 11 is 0. The summed E-state index contributed by atoms with van der Waals surface area (Å²) in [6, 6.07) is 0. The van der Waals surface area contributed by atoms with Crippen LogP contribution in [0.4, 0.5) is 0 Å². The van der Waals surface area contributed by atoms with Gasteiger partial charge in [0.05, 0.1) is 12.2 Å². The first kappa shape index (κ1) is 8.06. The number of rotatable bonds is 1. The minimum Gasteiger partial charge on any atom is -0.376 e. The number of hydrogen-bond donors (Lipinski definition) is 0. The molecule has 0 amide bonds. The van der Waals surface area contributed by atoms with Gasteiger partial charge in [0.25, 0.3) is 0 Å². The van der Waals surface area contributed by atoms with Crippen molar-refractivity contribution in [2.24, 2.45) is 5.92 Å². The van der Waals surface area contributed by atoms with Crippen molar-refractivity contribution in [2.45, 2.75) is 52.2 Å². The van der Waals surface area contributed by atoms with E-state index in [0.717, 1.165) is 5.92 Å². The van der Waals surface area contributed by atoms with Gasteiger partial charge in [0.2, 0.25) is 0 Å². The zero-order valence-electron chi connectivity index (χ0n) is 7.26. The van der Waals surface area contributed by atoms with Crippen molar-refractivity contribution in [3.63, 3.8) is 0 Å². The second-order valence-electron chi connectivity index (χ2n) is 3.50. The van der Waals surface area contributed by atoms with Crippen molar-refractivity contribution in [1.29, 1.82) is 0 Å². The Morgan fingerprint density at radius 1 is 1.20 bits per heavy atom. The highest BCUT2D eigenvalue weighted by Gasteiger charge is 2.22. The van der Waals surface area contributed by atoms with Crippen LogP contribution in [-0.4, -0.2) is 12.2 Å². The predicted octanol–water partition coefficient (Wildman–Crippen LogP) is 2.60. The van der Waals surface area contributed by atoms with Crippen LogP contribution in [0.25, 0.3) is 0 Å². The second kappa shape index (κ2) is 3.38. The van der Waals surface area contributed by atoms with Gasteiger partial charge >= 0.3 is 0 Å². The summed E-state index contributed by atoms with van der Waals surface area (Å²) in [5, 5.41) is 0. The molecule has 0 aliphatic carbocycles. The van der Waals surface area contributed by atoms with Crippen LogP contribution in [0.5, 0.6) is 0 Å². The number of ether oxygens (including phenoxy) is 1. The third-order valence-electron chi connectivity index (χ3n) is 2.37. The van der Waals surface area contributed by atoms with E-state index in [-0.39, 0.29) is 0 Å². The molecule has 0 saturated carbocycles. The molecule has 2 unspecified atom stereocenters. The average Bonchev–Trinajstić information content (AvgIpc) is 1.85. The van der Waals surface area contributed by atoms with Crippen LogP contribution in [0.1, 0.15) is 40.0 Å². The predicted molar refractivity (Wildman–Crippen MR) is 43.0 cm³/mol. The van der Waals surface area contributed by atoms with Crippen LogP contribution in [0.15, 0.2) is 0 Å². The van der Waals surface area contributed by atoms with Crippen LogP contribution < -0.4 is 0 Å². The standard InChI is InChI=1S/C9H18O/c1-4-9-5-7(2)10-8(3)6-9/h7-9H,4-6H2,1-3H3/t7-,8?,9?/m1/s1. The van der Waals surface area contributed by atoms with E-state index in [1.54, 1.807) is 0 Å². The fourth-order valence-corrected chi connectivity index (χ4v) is 1.88. The largest absolute Gasteiger partial charge is 0.376 e. The Kier molecular flexibility index (Phi) is 2.72. The maximum atomic E-state index is 5.62. The van der Waals surface area contributed by atoms with Gasteiger partial charge in [-0.2, -0.15) is 0 Å². The maximum Gasteiger partial charge on any atom is 0.0553 e. The maximum absolute atomic E-state index is 5.62. The highest BCUT2D eigenvalue weighted by atomic mass is 16.5. The third kappa shape index (κ3) is 1.98. The van der Waals surface area contributed by atoms with E-state index >= 15 is 0 Å². The summed E-state index contributed by atoms with van der Waals surface area (Å²) in [6.07, 6.45) is 4.84. The normalized spacial score (nSPS) is 41.7. The summed E-state index contributed by atoms with van der Waals surface area (Å²) in [5.74, 6) is 0.916. The quantitative estimate of drug-likeness (QED) is 0.547. The van der Waals surface area contributed by atoms with Crippen molar-refractivity contribution in [3.8, 4) is 0 Å². The lowest BCUT2D eigenvalue weighted by molar-refractivity contribution is -0.0525. The van der Waals surface area contributed by atoms with Gasteiger partial charge in [0.15, 0.2) is 0 Å². The van der Waals surface area contributed by atoms with E-state index in [1.165, 1.54) is 19.3 Å². The van der Waals surface area contributed by atoms with E-state index in [4.69, 9.17) is 4.74 Å². The van der Waals surface area contributed by atoms with E-state index in [2.05, 4.69) is 20.8 Å². The van der Waals surface area contributed by atoms with Gasteiger partial charge < -0.3 is 4.74 Å². The molecule has 1 heterocycles. The van der Waals surface area contributed by atoms with E-state index in [0.29, 0.717) is 12.2 Å². The molecule has 3 atom stereocenters. The van der Waals surface area contributed by atoms with Gasteiger partial charge in [-0.15, -0.1) is 0 Å². The molecular weight excluding hydrogens is 124 g/mol. The van der Waals surface area contributed by atoms with Crippen molar-refractivity contribution in [1.82, 2.24) is 0 Å². The minimum absolute atomic E-state index is 0.494. The van der Waals surface area contributed by atoms with Crippen LogP contribution in [0.2, 0.25) is 0 Å². The lowest BCUT2D eigenvalue weighted by Crippen LogP contribution is -2.28. The van der Waals surface area contributed by atoms with E-state index < -0.39 is 0 Å². The monoisotopic (exact) mass is 142 g/mol. The Hall–Kier alpha value is -0.0400. The summed E-state index contributed by atoms with van der Waals surface area (Å²) in [5.41, 5.74) is 0. The molecule has 0 aromatic carbocycles. The number of hydrogen-bond acceptors (Lipinski definition) is 1. The molecule has 0 aromatic heterocycles. The molecule has 0 radical (unpaired) electrons. The molecule has 1 rings (SSSR count). The van der Waals surface area contributed by atoms with Crippen molar-refractivity contribution in [3.05, 3.63) is 0 Å². The molecule has 1 heteroatoms. The van der Waals surface area contributed by atoms with E-state index in [9.17, 15) is 0 Å². The molecule has 0 bridgehead atoms. The first-order chi connectivity index (χ1) is 4.72. The van der Waals surface area contributed by atoms with Crippen molar-refractivity contribution < 1.29 is 4.74 Å². The van der Waals surface area contributed by atoms with Gasteiger partial charge in [-0.1, -0.05) is 13.3 Å². The molecule has 0 N–H and O–H groups in total. The summed E-state index contributed by atoms with van der Waals surface area (Å²) in [7, 11) is 0. The first-order valence-electron chi connectivity index (χ1n) is 4.37. The molecule has 1 nitrogen and oxygen atoms in total. The van der Waals surface area contributed by atoms with Crippen LogP contribution in [0.3, 0.4) is 0 Å². The molecule has 1 saturated heterocycles. The molecule has 1 aliphatic heterocycles. The SMILES string of the molecule is CCC1CC(C)O[C@H](C)C1. The zero-order chi connectivity index (χ0) is 7.56. The Bertz CT molecular complexity index is 90.9. The lowest BCUT2D eigenvalue weighted by atomic mass is 9.91. The molecule has 0 aromatic rings. The fraction of sp³-hybridized carbons (Fsp3) is 1.00. The van der Waals surface area contributed by atoms with Gasteiger partial charge in [-0.3, -0.25) is 0 Å². The van der Waals surface area contributed by atoms with Crippen molar-refractivity contribution >= 4 is 0 Å². The summed E-state index contributed by atoms with van der Waals surface area (Å²) in [6.45, 7) is 6.63. The smallest absolute Gasteiger partial charge is 0.0553 e. The molecule has 1 aliphatic rings. The summed E-state index contributed by atoms with van der Waals surface area (Å²) < 4.78 is 5.62. The van der Waals surface area contributed by atoms with Crippen molar-refractivity contribution in [2.75, 3.05) is 0 Å². The molecule has 1 fully saturated rings.